The Bertz CT molecular complexity index is 603. The van der Waals surface area contributed by atoms with E-state index in [9.17, 15) is 4.79 Å². The van der Waals surface area contributed by atoms with Gasteiger partial charge in [0.05, 0.1) is 18.3 Å². The summed E-state index contributed by atoms with van der Waals surface area (Å²) in [5, 5.41) is 0. The van der Waals surface area contributed by atoms with Gasteiger partial charge in [-0.3, -0.25) is 9.78 Å². The van der Waals surface area contributed by atoms with Crippen molar-refractivity contribution < 1.29 is 14.3 Å². The minimum absolute atomic E-state index is 0.0486. The number of piperidine rings is 1. The number of amides is 1. The maximum atomic E-state index is 12.9. The first-order valence-electron chi connectivity index (χ1n) is 10.2. The lowest BCUT2D eigenvalue weighted by molar-refractivity contribution is -0.148. The van der Waals surface area contributed by atoms with Crippen LogP contribution in [0.2, 0.25) is 0 Å². The highest BCUT2D eigenvalue weighted by molar-refractivity contribution is 5.94. The van der Waals surface area contributed by atoms with Crippen LogP contribution in [0.4, 0.5) is 0 Å². The number of aromatic nitrogens is 1. The fraction of sp³-hybridized carbons (Fsp3) is 0.714. The van der Waals surface area contributed by atoms with E-state index in [1.165, 1.54) is 25.7 Å². The summed E-state index contributed by atoms with van der Waals surface area (Å²) >= 11 is 0. The van der Waals surface area contributed by atoms with Crippen molar-refractivity contribution in [1.82, 2.24) is 9.88 Å². The number of likely N-dealkylation sites (tertiary alicyclic amines) is 1. The van der Waals surface area contributed by atoms with Crippen LogP contribution in [0.3, 0.4) is 0 Å². The Morgan fingerprint density at radius 1 is 1.31 bits per heavy atom. The Morgan fingerprint density at radius 3 is 3.00 bits per heavy atom. The number of carbonyl (C=O) groups is 1. The molecule has 1 saturated carbocycles. The zero-order valence-electron chi connectivity index (χ0n) is 15.6. The molecule has 3 fully saturated rings. The number of hydrogen-bond acceptors (Lipinski definition) is 4. The molecule has 1 aromatic heterocycles. The molecule has 0 unspecified atom stereocenters. The highest BCUT2D eigenvalue weighted by atomic mass is 16.5. The highest BCUT2D eigenvalue weighted by Crippen LogP contribution is 2.41. The Hall–Kier alpha value is -1.46. The van der Waals surface area contributed by atoms with Crippen LogP contribution < -0.4 is 0 Å². The molecule has 26 heavy (non-hydrogen) atoms. The van der Waals surface area contributed by atoms with E-state index in [4.69, 9.17) is 9.47 Å². The predicted octanol–water partition coefficient (Wildman–Crippen LogP) is 3.30. The van der Waals surface area contributed by atoms with Crippen molar-refractivity contribution in [2.45, 2.75) is 51.0 Å². The second kappa shape index (κ2) is 8.05. The summed E-state index contributed by atoms with van der Waals surface area (Å²) in [7, 11) is 0. The molecule has 1 amide bonds. The second-order valence-electron chi connectivity index (χ2n) is 8.25. The minimum Gasteiger partial charge on any atom is -0.380 e. The average molecular weight is 358 g/mol. The predicted molar refractivity (Wildman–Crippen MR) is 98.9 cm³/mol. The molecule has 4 rings (SSSR count). The normalized spacial score (nSPS) is 29.5. The molecule has 1 aliphatic carbocycles. The van der Waals surface area contributed by atoms with E-state index in [1.54, 1.807) is 12.4 Å². The number of fused-ring (bicyclic) bond motifs is 1. The van der Waals surface area contributed by atoms with E-state index < -0.39 is 0 Å². The van der Waals surface area contributed by atoms with Gasteiger partial charge in [-0.25, -0.2) is 0 Å². The molecular formula is C21H30N2O3. The van der Waals surface area contributed by atoms with Gasteiger partial charge in [0.25, 0.3) is 5.91 Å². The summed E-state index contributed by atoms with van der Waals surface area (Å²) in [6, 6.07) is 3.67. The zero-order chi connectivity index (χ0) is 17.8. The third-order valence-electron chi connectivity index (χ3n) is 6.40. The fourth-order valence-corrected chi connectivity index (χ4v) is 4.95. The summed E-state index contributed by atoms with van der Waals surface area (Å²) in [6.07, 6.45) is 11.9. The summed E-state index contributed by atoms with van der Waals surface area (Å²) in [6.45, 7) is 3.90. The van der Waals surface area contributed by atoms with Gasteiger partial charge in [-0.1, -0.05) is 12.8 Å². The van der Waals surface area contributed by atoms with Crippen LogP contribution in [0.1, 0.15) is 55.3 Å². The molecule has 0 aromatic carbocycles. The van der Waals surface area contributed by atoms with Crippen LogP contribution in [0.15, 0.2) is 24.5 Å². The van der Waals surface area contributed by atoms with Crippen molar-refractivity contribution in [2.75, 3.05) is 32.9 Å². The fourth-order valence-electron chi connectivity index (χ4n) is 4.95. The number of carbonyl (C=O) groups excluding carboxylic acids is 1. The molecule has 2 saturated heterocycles. The third-order valence-corrected chi connectivity index (χ3v) is 6.40. The van der Waals surface area contributed by atoms with Crippen molar-refractivity contribution in [3.8, 4) is 0 Å². The van der Waals surface area contributed by atoms with Crippen molar-refractivity contribution >= 4 is 5.91 Å². The molecule has 3 aliphatic rings. The van der Waals surface area contributed by atoms with Gasteiger partial charge in [0, 0.05) is 44.1 Å². The van der Waals surface area contributed by atoms with Gasteiger partial charge < -0.3 is 14.4 Å². The summed E-state index contributed by atoms with van der Waals surface area (Å²) in [5.74, 6) is 0.809. The van der Waals surface area contributed by atoms with E-state index in [-0.39, 0.29) is 17.4 Å². The average Bonchev–Trinajstić information content (AvgIpc) is 3.21. The summed E-state index contributed by atoms with van der Waals surface area (Å²) < 4.78 is 12.3. The lowest BCUT2D eigenvalue weighted by Crippen LogP contribution is -2.58. The van der Waals surface area contributed by atoms with E-state index in [0.29, 0.717) is 12.2 Å². The maximum Gasteiger partial charge on any atom is 0.255 e. The first-order valence-corrected chi connectivity index (χ1v) is 10.2. The Labute approximate surface area is 156 Å². The summed E-state index contributed by atoms with van der Waals surface area (Å²) in [5.41, 5.74) is 0.622. The third kappa shape index (κ3) is 3.79. The Balaban J connectivity index is 1.43. The van der Waals surface area contributed by atoms with Crippen LogP contribution in [-0.2, 0) is 9.47 Å². The van der Waals surface area contributed by atoms with Crippen LogP contribution in [0.25, 0.3) is 0 Å². The Kier molecular flexibility index (Phi) is 5.55. The molecular weight excluding hydrogens is 328 g/mol. The topological polar surface area (TPSA) is 51.7 Å². The number of nitrogens with zero attached hydrogens (tertiary/aromatic N) is 2. The zero-order valence-corrected chi connectivity index (χ0v) is 15.6. The standard InChI is InChI=1S/C21H30N2O3/c24-20(18-7-3-10-22-13-18)23-11-8-19-21(15-23,9-4-12-26-19)16-25-14-17-5-1-2-6-17/h3,7,10,13,17,19H,1-2,4-6,8-9,11-12,14-16H2/t19-,21+/m1/s1. The number of ether oxygens (including phenoxy) is 2. The molecule has 5 heteroatoms. The molecule has 0 N–H and O–H groups in total. The van der Waals surface area contributed by atoms with Crippen molar-refractivity contribution in [3.63, 3.8) is 0 Å². The first kappa shape index (κ1) is 17.9. The molecule has 3 heterocycles. The molecule has 142 valence electrons. The molecule has 0 spiro atoms. The van der Waals surface area contributed by atoms with Gasteiger partial charge in [0.15, 0.2) is 0 Å². The van der Waals surface area contributed by atoms with E-state index in [1.807, 2.05) is 17.0 Å². The largest absolute Gasteiger partial charge is 0.380 e. The number of rotatable bonds is 5. The quantitative estimate of drug-likeness (QED) is 0.810. The maximum absolute atomic E-state index is 12.9. The lowest BCUT2D eigenvalue weighted by Gasteiger charge is -2.50. The van der Waals surface area contributed by atoms with Gasteiger partial charge >= 0.3 is 0 Å². The first-order chi connectivity index (χ1) is 12.8. The SMILES string of the molecule is O=C(c1cccnc1)N1CC[C@H]2OCCC[C@@]2(COCC2CCCC2)C1. The van der Waals surface area contributed by atoms with E-state index >= 15 is 0 Å². The van der Waals surface area contributed by atoms with Crippen LogP contribution in [0, 0.1) is 11.3 Å². The van der Waals surface area contributed by atoms with Gasteiger partial charge in [-0.2, -0.15) is 0 Å². The molecule has 0 bridgehead atoms. The summed E-state index contributed by atoms with van der Waals surface area (Å²) in [4.78, 5) is 19.0. The molecule has 2 aliphatic heterocycles. The lowest BCUT2D eigenvalue weighted by atomic mass is 9.73. The monoisotopic (exact) mass is 358 g/mol. The molecule has 1 aromatic rings. The molecule has 2 atom stereocenters. The van der Waals surface area contributed by atoms with Gasteiger partial charge in [-0.05, 0) is 50.2 Å². The van der Waals surface area contributed by atoms with Gasteiger partial charge in [-0.15, -0.1) is 0 Å². The van der Waals surface area contributed by atoms with Crippen molar-refractivity contribution in [1.29, 1.82) is 0 Å². The number of pyridine rings is 1. The molecule has 0 radical (unpaired) electrons. The highest BCUT2D eigenvalue weighted by Gasteiger charge is 2.47. The van der Waals surface area contributed by atoms with Gasteiger partial charge in [0.1, 0.15) is 0 Å². The van der Waals surface area contributed by atoms with Crippen LogP contribution >= 0.6 is 0 Å². The number of hydrogen-bond donors (Lipinski definition) is 0. The molecule has 5 nitrogen and oxygen atoms in total. The van der Waals surface area contributed by atoms with E-state index in [2.05, 4.69) is 4.98 Å². The van der Waals surface area contributed by atoms with Crippen molar-refractivity contribution in [3.05, 3.63) is 30.1 Å². The minimum atomic E-state index is -0.0486. The van der Waals surface area contributed by atoms with Crippen LogP contribution in [0.5, 0.6) is 0 Å². The smallest absolute Gasteiger partial charge is 0.255 e. The second-order valence-corrected chi connectivity index (χ2v) is 8.25. The van der Waals surface area contributed by atoms with Crippen LogP contribution in [-0.4, -0.2) is 54.8 Å². The van der Waals surface area contributed by atoms with Gasteiger partial charge in [0.2, 0.25) is 0 Å². The van der Waals surface area contributed by atoms with Crippen molar-refractivity contribution in [2.24, 2.45) is 11.3 Å². The van der Waals surface area contributed by atoms with E-state index in [0.717, 1.165) is 51.5 Å². The Morgan fingerprint density at radius 2 is 2.19 bits per heavy atom.